The number of nitrogens with zero attached hydrogens (tertiary/aromatic N) is 1. The molecule has 0 saturated heterocycles. The molecule has 0 amide bonds. The second kappa shape index (κ2) is 4.68. The van der Waals surface area contributed by atoms with Gasteiger partial charge >= 0.3 is 12.4 Å². The first-order valence-corrected chi connectivity index (χ1v) is 4.49. The molecular weight excluding hydrogens is 286 g/mol. The van der Waals surface area contributed by atoms with Crippen LogP contribution >= 0.6 is 0 Å². The third-order valence-electron chi connectivity index (χ3n) is 2.15. The molecule has 0 bridgehead atoms. The van der Waals surface area contributed by atoms with Crippen molar-refractivity contribution in [2.75, 3.05) is 0 Å². The second-order valence-electron chi connectivity index (χ2n) is 3.39. The maximum atomic E-state index is 12.5. The van der Waals surface area contributed by atoms with Gasteiger partial charge in [-0.2, -0.15) is 31.6 Å². The van der Waals surface area contributed by atoms with Crippen molar-refractivity contribution in [1.29, 1.82) is 5.26 Å². The fourth-order valence-electron chi connectivity index (χ4n) is 1.38. The topological polar surface area (TPSA) is 23.8 Å². The van der Waals surface area contributed by atoms with Crippen LogP contribution in [0, 0.1) is 11.3 Å². The molecule has 0 heterocycles. The molecule has 19 heavy (non-hydrogen) atoms. The first-order valence-electron chi connectivity index (χ1n) is 4.49. The van der Waals surface area contributed by atoms with Crippen LogP contribution in [-0.2, 0) is 12.4 Å². The summed E-state index contributed by atoms with van der Waals surface area (Å²) in [5.41, 5.74) is -7.06. The normalized spacial score (nSPS) is 12.6. The minimum absolute atomic E-state index is 0.0310. The van der Waals surface area contributed by atoms with Gasteiger partial charge in [0.05, 0.1) is 22.8 Å². The Morgan fingerprint density at radius 3 is 1.79 bits per heavy atom. The van der Waals surface area contributed by atoms with Crippen LogP contribution in [0.1, 0.15) is 28.7 Å². The maximum Gasteiger partial charge on any atom is 0.416 e. The predicted octanol–water partition coefficient (Wildman–Crippen LogP) is 4.53. The summed E-state index contributed by atoms with van der Waals surface area (Å²) in [6.07, 6.45) is -14.3. The van der Waals surface area contributed by atoms with Crippen LogP contribution in [0.3, 0.4) is 0 Å². The Morgan fingerprint density at radius 1 is 0.947 bits per heavy atom. The summed E-state index contributed by atoms with van der Waals surface area (Å²) >= 11 is 0. The SMILES string of the molecule is N#Cc1cc(C(F)(F)F)cc(C(F)(F)F)c1C(F)F. The highest BCUT2D eigenvalue weighted by atomic mass is 19.4. The molecule has 0 aromatic heterocycles. The van der Waals surface area contributed by atoms with E-state index >= 15 is 0 Å². The quantitative estimate of drug-likeness (QED) is 0.697. The fraction of sp³-hybridized carbons (Fsp3) is 0.300. The van der Waals surface area contributed by atoms with Gasteiger partial charge in [-0.25, -0.2) is 8.78 Å². The van der Waals surface area contributed by atoms with E-state index in [-0.39, 0.29) is 6.07 Å². The fourth-order valence-corrected chi connectivity index (χ4v) is 1.38. The van der Waals surface area contributed by atoms with Crippen molar-refractivity contribution in [1.82, 2.24) is 0 Å². The molecule has 0 N–H and O–H groups in total. The molecule has 0 saturated carbocycles. The van der Waals surface area contributed by atoms with Crippen molar-refractivity contribution in [3.05, 3.63) is 34.4 Å². The van der Waals surface area contributed by atoms with E-state index in [4.69, 9.17) is 5.26 Å². The summed E-state index contributed by atoms with van der Waals surface area (Å²) < 4.78 is 99.5. The smallest absolute Gasteiger partial charge is 0.205 e. The summed E-state index contributed by atoms with van der Waals surface area (Å²) in [6.45, 7) is 0. The van der Waals surface area contributed by atoms with Gasteiger partial charge in [0.25, 0.3) is 6.43 Å². The molecule has 0 atom stereocenters. The molecule has 0 aliphatic carbocycles. The number of hydrogen-bond acceptors (Lipinski definition) is 1. The Labute approximate surface area is 101 Å². The van der Waals surface area contributed by atoms with Crippen molar-refractivity contribution >= 4 is 0 Å². The molecule has 104 valence electrons. The first kappa shape index (κ1) is 15.2. The number of benzene rings is 1. The van der Waals surface area contributed by atoms with Gasteiger partial charge in [0.1, 0.15) is 0 Å². The van der Waals surface area contributed by atoms with E-state index in [1.54, 1.807) is 0 Å². The van der Waals surface area contributed by atoms with Gasteiger partial charge in [-0.1, -0.05) is 0 Å². The minimum atomic E-state index is -5.42. The summed E-state index contributed by atoms with van der Waals surface area (Å²) in [6, 6.07) is 0.463. The summed E-state index contributed by atoms with van der Waals surface area (Å²) in [5, 5.41) is 8.43. The second-order valence-corrected chi connectivity index (χ2v) is 3.39. The highest BCUT2D eigenvalue weighted by molar-refractivity contribution is 5.48. The average molecular weight is 289 g/mol. The molecular formula is C10H3F8N. The Kier molecular flexibility index (Phi) is 3.74. The van der Waals surface area contributed by atoms with Crippen molar-refractivity contribution < 1.29 is 35.1 Å². The molecule has 0 radical (unpaired) electrons. The molecule has 0 fully saturated rings. The summed E-state index contributed by atoms with van der Waals surface area (Å²) in [7, 11) is 0. The zero-order chi connectivity index (χ0) is 15.0. The molecule has 0 spiro atoms. The lowest BCUT2D eigenvalue weighted by Gasteiger charge is -2.16. The van der Waals surface area contributed by atoms with E-state index < -0.39 is 47.1 Å². The average Bonchev–Trinajstić information content (AvgIpc) is 2.24. The summed E-state index contributed by atoms with van der Waals surface area (Å²) in [4.78, 5) is 0. The zero-order valence-corrected chi connectivity index (χ0v) is 8.70. The van der Waals surface area contributed by atoms with Gasteiger partial charge in [0.2, 0.25) is 0 Å². The van der Waals surface area contributed by atoms with Crippen LogP contribution in [0.25, 0.3) is 0 Å². The Balaban J connectivity index is 3.72. The lowest BCUT2D eigenvalue weighted by molar-refractivity contribution is -0.144. The van der Waals surface area contributed by atoms with Crippen molar-refractivity contribution in [2.24, 2.45) is 0 Å². The zero-order valence-electron chi connectivity index (χ0n) is 8.70. The van der Waals surface area contributed by atoms with E-state index in [1.165, 1.54) is 0 Å². The van der Waals surface area contributed by atoms with Crippen LogP contribution in [0.2, 0.25) is 0 Å². The van der Waals surface area contributed by atoms with E-state index in [2.05, 4.69) is 0 Å². The Hall–Kier alpha value is -1.85. The van der Waals surface area contributed by atoms with Crippen LogP contribution in [-0.4, -0.2) is 0 Å². The third kappa shape index (κ3) is 3.13. The number of hydrogen-bond donors (Lipinski definition) is 0. The predicted molar refractivity (Wildman–Crippen MR) is 46.1 cm³/mol. The van der Waals surface area contributed by atoms with E-state index in [0.717, 1.165) is 6.07 Å². The Bertz CT molecular complexity index is 520. The van der Waals surface area contributed by atoms with Crippen LogP contribution < -0.4 is 0 Å². The molecule has 0 aliphatic rings. The van der Waals surface area contributed by atoms with Gasteiger partial charge in [-0.05, 0) is 12.1 Å². The lowest BCUT2D eigenvalue weighted by Crippen LogP contribution is -2.15. The van der Waals surface area contributed by atoms with E-state index in [0.29, 0.717) is 0 Å². The standard InChI is InChI=1S/C10H3F8N/c11-8(12)7-4(3-19)1-5(9(13,14)15)2-6(7)10(16,17)18/h1-2,8H. The lowest BCUT2D eigenvalue weighted by atomic mass is 9.97. The first-order chi connectivity index (χ1) is 8.48. The van der Waals surface area contributed by atoms with Gasteiger partial charge in [0, 0.05) is 5.56 Å². The number of halogens is 8. The van der Waals surface area contributed by atoms with Crippen molar-refractivity contribution in [3.8, 4) is 6.07 Å². The maximum absolute atomic E-state index is 12.5. The van der Waals surface area contributed by atoms with Crippen molar-refractivity contribution in [2.45, 2.75) is 18.8 Å². The molecule has 0 unspecified atom stereocenters. The van der Waals surface area contributed by atoms with E-state index in [1.807, 2.05) is 0 Å². The molecule has 0 aliphatic heterocycles. The molecule has 1 nitrogen and oxygen atoms in total. The highest BCUT2D eigenvalue weighted by Crippen LogP contribution is 2.41. The Morgan fingerprint density at radius 2 is 1.47 bits per heavy atom. The largest absolute Gasteiger partial charge is 0.416 e. The van der Waals surface area contributed by atoms with Gasteiger partial charge < -0.3 is 0 Å². The molecule has 9 heteroatoms. The van der Waals surface area contributed by atoms with Crippen LogP contribution in [0.4, 0.5) is 35.1 Å². The van der Waals surface area contributed by atoms with E-state index in [9.17, 15) is 35.1 Å². The van der Waals surface area contributed by atoms with Gasteiger partial charge in [-0.15, -0.1) is 0 Å². The number of nitriles is 1. The molecule has 1 aromatic carbocycles. The number of alkyl halides is 8. The minimum Gasteiger partial charge on any atom is -0.205 e. The van der Waals surface area contributed by atoms with Crippen LogP contribution in [0.5, 0.6) is 0 Å². The number of rotatable bonds is 1. The van der Waals surface area contributed by atoms with Crippen LogP contribution in [0.15, 0.2) is 12.1 Å². The van der Waals surface area contributed by atoms with Gasteiger partial charge in [0.15, 0.2) is 0 Å². The van der Waals surface area contributed by atoms with Crippen molar-refractivity contribution in [3.63, 3.8) is 0 Å². The third-order valence-corrected chi connectivity index (χ3v) is 2.15. The molecule has 1 aromatic rings. The molecule has 1 rings (SSSR count). The van der Waals surface area contributed by atoms with Gasteiger partial charge in [-0.3, -0.25) is 0 Å². The highest BCUT2D eigenvalue weighted by Gasteiger charge is 2.41. The summed E-state index contributed by atoms with van der Waals surface area (Å²) in [5.74, 6) is 0. The monoisotopic (exact) mass is 289 g/mol.